The number of nitrogens with zero attached hydrogens (tertiary/aromatic N) is 2. The summed E-state index contributed by atoms with van der Waals surface area (Å²) >= 11 is 0.701. The number of rotatable bonds is 5. The third-order valence-corrected chi connectivity index (χ3v) is 4.76. The predicted octanol–water partition coefficient (Wildman–Crippen LogP) is 3.98. The Labute approximate surface area is 157 Å². The molecule has 0 unspecified atom stereocenters. The van der Waals surface area contributed by atoms with E-state index in [1.54, 1.807) is 6.07 Å². The number of nitro benzene ring substituents is 1. The van der Waals surface area contributed by atoms with Crippen molar-refractivity contribution in [2.24, 2.45) is 0 Å². The number of nitro groups is 1. The molecule has 0 saturated carbocycles. The molecule has 0 radical (unpaired) electrons. The van der Waals surface area contributed by atoms with Crippen molar-refractivity contribution in [1.82, 2.24) is 4.90 Å². The van der Waals surface area contributed by atoms with E-state index in [-0.39, 0.29) is 28.5 Å². The molecule has 0 atom stereocenters. The molecule has 2 aromatic rings. The monoisotopic (exact) mass is 388 g/mol. The van der Waals surface area contributed by atoms with Crippen molar-refractivity contribution in [3.05, 3.63) is 74.4 Å². The number of hydrogen-bond acceptors (Lipinski definition) is 6. The van der Waals surface area contributed by atoms with Crippen molar-refractivity contribution in [1.29, 1.82) is 0 Å². The third-order valence-electron chi connectivity index (χ3n) is 3.86. The zero-order chi connectivity index (χ0) is 19.6. The minimum absolute atomic E-state index is 0.0878. The van der Waals surface area contributed by atoms with Crippen LogP contribution < -0.4 is 4.74 Å². The lowest BCUT2D eigenvalue weighted by atomic mass is 10.1. The molecule has 0 N–H and O–H groups in total. The summed E-state index contributed by atoms with van der Waals surface area (Å²) in [5.74, 6) is -0.997. The second-order valence-electron chi connectivity index (χ2n) is 5.55. The van der Waals surface area contributed by atoms with Gasteiger partial charge in [-0.25, -0.2) is 4.39 Å². The Hall–Kier alpha value is -3.20. The van der Waals surface area contributed by atoms with Crippen LogP contribution in [0.1, 0.15) is 11.1 Å². The summed E-state index contributed by atoms with van der Waals surface area (Å²) in [5.41, 5.74) is 0.344. The van der Waals surface area contributed by atoms with Gasteiger partial charge in [0.25, 0.3) is 11.1 Å². The normalized spacial score (nSPS) is 15.5. The van der Waals surface area contributed by atoms with Crippen LogP contribution in [-0.4, -0.2) is 28.1 Å². The number of carbonyl (C=O) groups excluding carboxylic acids is 2. The van der Waals surface area contributed by atoms with Gasteiger partial charge in [-0.1, -0.05) is 24.3 Å². The highest BCUT2D eigenvalue weighted by Gasteiger charge is 2.35. The fourth-order valence-corrected chi connectivity index (χ4v) is 3.36. The number of amides is 2. The molecule has 1 heterocycles. The molecule has 138 valence electrons. The van der Waals surface area contributed by atoms with E-state index in [1.165, 1.54) is 49.6 Å². The van der Waals surface area contributed by atoms with Gasteiger partial charge >= 0.3 is 5.69 Å². The van der Waals surface area contributed by atoms with Crippen molar-refractivity contribution in [2.45, 2.75) is 6.54 Å². The molecule has 1 aliphatic heterocycles. The van der Waals surface area contributed by atoms with Gasteiger partial charge in [0.15, 0.2) is 5.75 Å². The van der Waals surface area contributed by atoms with E-state index in [9.17, 15) is 24.1 Å². The van der Waals surface area contributed by atoms with E-state index in [0.29, 0.717) is 17.3 Å². The molecule has 1 aliphatic rings. The lowest BCUT2D eigenvalue weighted by molar-refractivity contribution is -0.385. The van der Waals surface area contributed by atoms with Crippen LogP contribution in [0.25, 0.3) is 6.08 Å². The van der Waals surface area contributed by atoms with Crippen molar-refractivity contribution in [2.75, 3.05) is 7.11 Å². The van der Waals surface area contributed by atoms with E-state index in [0.717, 1.165) is 4.90 Å². The molecule has 2 aromatic carbocycles. The number of carbonyl (C=O) groups is 2. The molecule has 0 spiro atoms. The molecule has 1 fully saturated rings. The highest BCUT2D eigenvalue weighted by Crippen LogP contribution is 2.35. The van der Waals surface area contributed by atoms with Crippen LogP contribution >= 0.6 is 11.8 Å². The minimum atomic E-state index is -0.597. The van der Waals surface area contributed by atoms with Crippen LogP contribution in [0.3, 0.4) is 0 Å². The zero-order valence-corrected chi connectivity index (χ0v) is 14.9. The van der Waals surface area contributed by atoms with Gasteiger partial charge in [-0.05, 0) is 35.5 Å². The van der Waals surface area contributed by atoms with E-state index in [1.807, 2.05) is 0 Å². The molecule has 3 rings (SSSR count). The van der Waals surface area contributed by atoms with Crippen LogP contribution in [0.2, 0.25) is 0 Å². The van der Waals surface area contributed by atoms with Gasteiger partial charge in [-0.15, -0.1) is 0 Å². The number of ether oxygens (including phenoxy) is 1. The van der Waals surface area contributed by atoms with Crippen LogP contribution in [0.5, 0.6) is 5.75 Å². The molecule has 27 heavy (non-hydrogen) atoms. The number of imide groups is 1. The third kappa shape index (κ3) is 3.82. The van der Waals surface area contributed by atoms with Crippen LogP contribution in [-0.2, 0) is 11.3 Å². The lowest BCUT2D eigenvalue weighted by Gasteiger charge is -2.12. The Balaban J connectivity index is 1.87. The SMILES string of the molecule is COc1ccc(/C=C2\SC(=O)N(Cc3ccccc3F)C2=O)cc1[N+](=O)[O-]. The quantitative estimate of drug-likeness (QED) is 0.437. The summed E-state index contributed by atoms with van der Waals surface area (Å²) < 4.78 is 18.7. The highest BCUT2D eigenvalue weighted by molar-refractivity contribution is 8.18. The van der Waals surface area contributed by atoms with Gasteiger partial charge in [0.05, 0.1) is 23.5 Å². The predicted molar refractivity (Wildman–Crippen MR) is 97.6 cm³/mol. The molecule has 2 amide bonds. The summed E-state index contributed by atoms with van der Waals surface area (Å²) in [6.07, 6.45) is 1.39. The van der Waals surface area contributed by atoms with Gasteiger partial charge in [-0.3, -0.25) is 24.6 Å². The van der Waals surface area contributed by atoms with Gasteiger partial charge in [0.2, 0.25) is 0 Å². The highest BCUT2D eigenvalue weighted by atomic mass is 32.2. The number of methoxy groups -OCH3 is 1. The van der Waals surface area contributed by atoms with Crippen molar-refractivity contribution in [3.63, 3.8) is 0 Å². The molecular weight excluding hydrogens is 375 g/mol. The zero-order valence-electron chi connectivity index (χ0n) is 14.0. The Morgan fingerprint density at radius 3 is 2.67 bits per heavy atom. The Kier molecular flexibility index (Phi) is 5.22. The van der Waals surface area contributed by atoms with Crippen molar-refractivity contribution >= 4 is 34.7 Å². The Morgan fingerprint density at radius 2 is 2.00 bits per heavy atom. The molecule has 7 nitrogen and oxygen atoms in total. The van der Waals surface area contributed by atoms with Gasteiger partial charge in [-0.2, -0.15) is 0 Å². The van der Waals surface area contributed by atoms with Crippen LogP contribution in [0, 0.1) is 15.9 Å². The fourth-order valence-electron chi connectivity index (χ4n) is 2.52. The molecular formula is C18H13FN2O5S. The van der Waals surface area contributed by atoms with Crippen molar-refractivity contribution in [3.8, 4) is 5.75 Å². The first kappa shape index (κ1) is 18.6. The largest absolute Gasteiger partial charge is 0.490 e. The first-order valence-electron chi connectivity index (χ1n) is 7.72. The first-order valence-corrected chi connectivity index (χ1v) is 8.53. The van der Waals surface area contributed by atoms with Crippen LogP contribution in [0.4, 0.5) is 14.9 Å². The Bertz CT molecular complexity index is 976. The molecule has 1 saturated heterocycles. The fraction of sp³-hybridized carbons (Fsp3) is 0.111. The summed E-state index contributed by atoms with van der Waals surface area (Å²) in [4.78, 5) is 36.2. The first-order chi connectivity index (χ1) is 12.9. The number of hydrogen-bond donors (Lipinski definition) is 0. The second-order valence-corrected chi connectivity index (χ2v) is 6.54. The number of halogens is 1. The molecule has 0 aromatic heterocycles. The summed E-state index contributed by atoms with van der Waals surface area (Å²) in [6, 6.07) is 10.1. The smallest absolute Gasteiger partial charge is 0.311 e. The molecule has 0 bridgehead atoms. The minimum Gasteiger partial charge on any atom is -0.490 e. The van der Waals surface area contributed by atoms with Crippen molar-refractivity contribution < 1.29 is 23.6 Å². The van der Waals surface area contributed by atoms with E-state index in [4.69, 9.17) is 4.74 Å². The van der Waals surface area contributed by atoms with Gasteiger partial charge in [0, 0.05) is 11.6 Å². The topological polar surface area (TPSA) is 89.8 Å². The maximum atomic E-state index is 13.8. The lowest BCUT2D eigenvalue weighted by Crippen LogP contribution is -2.27. The maximum absolute atomic E-state index is 13.8. The maximum Gasteiger partial charge on any atom is 0.311 e. The standard InChI is InChI=1S/C18H13FN2O5S/c1-26-15-7-6-11(8-14(15)21(24)25)9-16-17(22)20(18(23)27-16)10-12-4-2-3-5-13(12)19/h2-9H,10H2,1H3/b16-9-. The van der Waals surface area contributed by atoms with Crippen LogP contribution in [0.15, 0.2) is 47.4 Å². The average Bonchev–Trinajstić information content (AvgIpc) is 2.90. The molecule has 9 heteroatoms. The number of thioether (sulfide) groups is 1. The van der Waals surface area contributed by atoms with Gasteiger partial charge in [0.1, 0.15) is 5.82 Å². The van der Waals surface area contributed by atoms with E-state index >= 15 is 0 Å². The second kappa shape index (κ2) is 7.58. The summed E-state index contributed by atoms with van der Waals surface area (Å²) in [5, 5.41) is 10.6. The van der Waals surface area contributed by atoms with E-state index in [2.05, 4.69) is 0 Å². The van der Waals surface area contributed by atoms with E-state index < -0.39 is 21.9 Å². The number of benzene rings is 2. The summed E-state index contributed by atoms with van der Waals surface area (Å²) in [6.45, 7) is -0.183. The van der Waals surface area contributed by atoms with Gasteiger partial charge < -0.3 is 4.74 Å². The average molecular weight is 388 g/mol. The molecule has 0 aliphatic carbocycles. The Morgan fingerprint density at radius 1 is 1.26 bits per heavy atom. The summed E-state index contributed by atoms with van der Waals surface area (Å²) in [7, 11) is 1.32.